The molecule has 0 unspecified atom stereocenters. The molecular formula is C18H15BrN2OS2. The van der Waals surface area contributed by atoms with Crippen molar-refractivity contribution in [2.24, 2.45) is 0 Å². The van der Waals surface area contributed by atoms with E-state index >= 15 is 0 Å². The number of carbonyl (C=O) groups is 1. The molecule has 3 nitrogen and oxygen atoms in total. The third kappa shape index (κ3) is 3.55. The van der Waals surface area contributed by atoms with E-state index in [2.05, 4.69) is 15.9 Å². The Morgan fingerprint density at radius 3 is 2.50 bits per heavy atom. The maximum absolute atomic E-state index is 12.8. The average Bonchev–Trinajstić information content (AvgIpc) is 2.81. The molecule has 1 aliphatic rings. The molecule has 6 heteroatoms. The molecule has 24 heavy (non-hydrogen) atoms. The van der Waals surface area contributed by atoms with Gasteiger partial charge in [0.25, 0.3) is 5.91 Å². The van der Waals surface area contributed by atoms with Gasteiger partial charge < -0.3 is 4.90 Å². The van der Waals surface area contributed by atoms with Crippen molar-refractivity contribution >= 4 is 67.6 Å². The van der Waals surface area contributed by atoms with E-state index in [1.165, 1.54) is 11.8 Å². The number of nitrogens with zero attached hydrogens (tertiary/aromatic N) is 2. The lowest BCUT2D eigenvalue weighted by molar-refractivity contribution is -0.113. The van der Waals surface area contributed by atoms with E-state index in [4.69, 9.17) is 12.2 Å². The predicted molar refractivity (Wildman–Crippen MR) is 111 cm³/mol. The molecule has 1 heterocycles. The van der Waals surface area contributed by atoms with Gasteiger partial charge in [-0.3, -0.25) is 9.69 Å². The van der Waals surface area contributed by atoms with Crippen LogP contribution in [-0.4, -0.2) is 24.3 Å². The van der Waals surface area contributed by atoms with Crippen LogP contribution in [0.5, 0.6) is 0 Å². The quantitative estimate of drug-likeness (QED) is 0.521. The molecule has 0 atom stereocenters. The van der Waals surface area contributed by atoms with Crippen molar-refractivity contribution in [3.8, 4) is 0 Å². The van der Waals surface area contributed by atoms with Crippen LogP contribution in [0.25, 0.3) is 6.08 Å². The summed E-state index contributed by atoms with van der Waals surface area (Å²) < 4.78 is 1.53. The van der Waals surface area contributed by atoms with Crippen LogP contribution in [0.2, 0.25) is 0 Å². The van der Waals surface area contributed by atoms with Crippen LogP contribution in [0, 0.1) is 0 Å². The number of hydrogen-bond donors (Lipinski definition) is 0. The van der Waals surface area contributed by atoms with E-state index in [1.54, 1.807) is 4.90 Å². The number of thioether (sulfide) groups is 1. The second-order valence-corrected chi connectivity index (χ2v) is 8.07. The van der Waals surface area contributed by atoms with Crippen molar-refractivity contribution in [3.63, 3.8) is 0 Å². The van der Waals surface area contributed by atoms with Crippen LogP contribution < -0.4 is 9.80 Å². The van der Waals surface area contributed by atoms with E-state index in [1.807, 2.05) is 73.6 Å². The fourth-order valence-electron chi connectivity index (χ4n) is 2.34. The van der Waals surface area contributed by atoms with Crippen molar-refractivity contribution < 1.29 is 4.79 Å². The highest BCUT2D eigenvalue weighted by atomic mass is 79.9. The topological polar surface area (TPSA) is 23.6 Å². The minimum absolute atomic E-state index is 0.0809. The lowest BCUT2D eigenvalue weighted by atomic mass is 10.2. The summed E-state index contributed by atoms with van der Waals surface area (Å²) in [6, 6.07) is 15.6. The number of carbonyl (C=O) groups excluding carboxylic acids is 1. The van der Waals surface area contributed by atoms with Gasteiger partial charge in [-0.1, -0.05) is 52.0 Å². The summed E-state index contributed by atoms with van der Waals surface area (Å²) in [7, 11) is 3.96. The number of anilines is 2. The summed E-state index contributed by atoms with van der Waals surface area (Å²) in [5, 5.41) is 0. The number of amides is 1. The molecule has 2 aromatic carbocycles. The zero-order valence-electron chi connectivity index (χ0n) is 13.2. The largest absolute Gasteiger partial charge is 0.378 e. The minimum Gasteiger partial charge on any atom is -0.378 e. The Kier molecular flexibility index (Phi) is 5.08. The summed E-state index contributed by atoms with van der Waals surface area (Å²) in [6.07, 6.45) is 1.87. The van der Waals surface area contributed by atoms with Crippen molar-refractivity contribution in [3.05, 3.63) is 63.5 Å². The lowest BCUT2D eigenvalue weighted by Crippen LogP contribution is -2.27. The van der Waals surface area contributed by atoms with Gasteiger partial charge in [-0.15, -0.1) is 0 Å². The Morgan fingerprint density at radius 1 is 1.17 bits per heavy atom. The van der Waals surface area contributed by atoms with Crippen LogP contribution >= 0.6 is 39.9 Å². The highest BCUT2D eigenvalue weighted by molar-refractivity contribution is 9.10. The molecule has 0 saturated carbocycles. The standard InChI is InChI=1S/C18H15BrN2OS2/c1-20(2)14-6-8-15(9-7-14)21-17(22)16(24-18(21)23)11-12-4-3-5-13(19)10-12/h3-11H,1-2H3/b16-11-. The van der Waals surface area contributed by atoms with Gasteiger partial charge in [-0.05, 0) is 48.0 Å². The van der Waals surface area contributed by atoms with Gasteiger partial charge in [-0.2, -0.15) is 0 Å². The van der Waals surface area contributed by atoms with E-state index in [0.29, 0.717) is 9.23 Å². The highest BCUT2D eigenvalue weighted by Gasteiger charge is 2.33. The Balaban J connectivity index is 1.89. The number of thiocarbonyl (C=S) groups is 1. The van der Waals surface area contributed by atoms with E-state index in [9.17, 15) is 4.79 Å². The Bertz CT molecular complexity index is 831. The first-order valence-corrected chi connectivity index (χ1v) is 9.28. The van der Waals surface area contributed by atoms with Gasteiger partial charge in [0, 0.05) is 24.3 Å². The Labute approximate surface area is 159 Å². The first-order chi connectivity index (χ1) is 11.5. The van der Waals surface area contributed by atoms with Crippen molar-refractivity contribution in [1.82, 2.24) is 0 Å². The Hall–Kier alpha value is -1.63. The second-order valence-electron chi connectivity index (χ2n) is 5.48. The van der Waals surface area contributed by atoms with Crippen LogP contribution in [0.1, 0.15) is 5.56 Å². The SMILES string of the molecule is CN(C)c1ccc(N2C(=O)/C(=C/c3cccc(Br)c3)SC2=S)cc1. The maximum atomic E-state index is 12.8. The number of benzene rings is 2. The van der Waals surface area contributed by atoms with Crippen LogP contribution in [0.15, 0.2) is 57.9 Å². The smallest absolute Gasteiger partial charge is 0.270 e. The molecule has 1 fully saturated rings. The zero-order valence-corrected chi connectivity index (χ0v) is 16.4. The third-order valence-electron chi connectivity index (χ3n) is 3.56. The molecule has 0 radical (unpaired) electrons. The summed E-state index contributed by atoms with van der Waals surface area (Å²) in [6.45, 7) is 0. The third-order valence-corrected chi connectivity index (χ3v) is 5.36. The molecule has 0 N–H and O–H groups in total. The number of rotatable bonds is 3. The maximum Gasteiger partial charge on any atom is 0.270 e. The van der Waals surface area contributed by atoms with Gasteiger partial charge >= 0.3 is 0 Å². The molecule has 0 aliphatic carbocycles. The van der Waals surface area contributed by atoms with Crippen molar-refractivity contribution in [1.29, 1.82) is 0 Å². The summed E-state index contributed by atoms with van der Waals surface area (Å²) in [4.78, 5) is 17.0. The first kappa shape index (κ1) is 17.2. The van der Waals surface area contributed by atoms with Crippen molar-refractivity contribution in [2.75, 3.05) is 23.9 Å². The van der Waals surface area contributed by atoms with Gasteiger partial charge in [0.2, 0.25) is 0 Å². The molecule has 0 bridgehead atoms. The van der Waals surface area contributed by atoms with Gasteiger partial charge in [-0.25, -0.2) is 0 Å². The fraction of sp³-hybridized carbons (Fsp3) is 0.111. The van der Waals surface area contributed by atoms with Crippen LogP contribution in [0.3, 0.4) is 0 Å². The van der Waals surface area contributed by atoms with Gasteiger partial charge in [0.15, 0.2) is 4.32 Å². The van der Waals surface area contributed by atoms with E-state index in [0.717, 1.165) is 21.4 Å². The van der Waals surface area contributed by atoms with Crippen molar-refractivity contribution in [2.45, 2.75) is 0 Å². The molecule has 1 saturated heterocycles. The molecule has 1 amide bonds. The van der Waals surface area contributed by atoms with E-state index < -0.39 is 0 Å². The molecule has 3 rings (SSSR count). The predicted octanol–water partition coefficient (Wildman–Crippen LogP) is 4.92. The lowest BCUT2D eigenvalue weighted by Gasteiger charge is -2.17. The first-order valence-electron chi connectivity index (χ1n) is 7.26. The van der Waals surface area contributed by atoms with Crippen LogP contribution in [-0.2, 0) is 4.79 Å². The van der Waals surface area contributed by atoms with Gasteiger partial charge in [0.1, 0.15) is 0 Å². The molecule has 0 spiro atoms. The van der Waals surface area contributed by atoms with Gasteiger partial charge in [0.05, 0.1) is 10.6 Å². The zero-order chi connectivity index (χ0) is 17.3. The van der Waals surface area contributed by atoms with E-state index in [-0.39, 0.29) is 5.91 Å². The summed E-state index contributed by atoms with van der Waals surface area (Å²) >= 11 is 10.2. The van der Waals surface area contributed by atoms with Crippen LogP contribution in [0.4, 0.5) is 11.4 Å². The Morgan fingerprint density at radius 2 is 1.88 bits per heavy atom. The minimum atomic E-state index is -0.0809. The number of halogens is 1. The second kappa shape index (κ2) is 7.09. The average molecular weight is 419 g/mol. The fourth-order valence-corrected chi connectivity index (χ4v) is 4.05. The molecular weight excluding hydrogens is 404 g/mol. The highest BCUT2D eigenvalue weighted by Crippen LogP contribution is 2.36. The molecule has 2 aromatic rings. The molecule has 1 aliphatic heterocycles. The molecule has 122 valence electrons. The summed E-state index contributed by atoms with van der Waals surface area (Å²) in [5.74, 6) is -0.0809. The monoisotopic (exact) mass is 418 g/mol. The molecule has 0 aromatic heterocycles. The summed E-state index contributed by atoms with van der Waals surface area (Å²) in [5.41, 5.74) is 2.84. The number of hydrogen-bond acceptors (Lipinski definition) is 4. The normalized spacial score (nSPS) is 16.1.